The van der Waals surface area contributed by atoms with Crippen LogP contribution in [0.25, 0.3) is 0 Å². The summed E-state index contributed by atoms with van der Waals surface area (Å²) in [7, 11) is 4.95. The number of nitrogens with zero attached hydrogens (tertiary/aromatic N) is 4. The minimum absolute atomic E-state index is 0.00677. The highest BCUT2D eigenvalue weighted by Crippen LogP contribution is 2.29. The number of carbonyl (C=O) groups is 1. The molecule has 1 aromatic heterocycles. The molecule has 1 amide bonds. The Morgan fingerprint density at radius 1 is 1.42 bits per heavy atom. The third-order valence-electron chi connectivity index (χ3n) is 2.63. The van der Waals surface area contributed by atoms with Crippen LogP contribution in [0.15, 0.2) is 6.33 Å². The molecule has 1 aromatic rings. The molecule has 0 aliphatic heterocycles. The Labute approximate surface area is 113 Å². The first-order valence-corrected chi connectivity index (χ1v) is 6.10. The molecule has 0 unspecified atom stereocenters. The predicted octanol–water partition coefficient (Wildman–Crippen LogP) is 0.372. The van der Waals surface area contributed by atoms with E-state index in [0.717, 1.165) is 6.42 Å². The summed E-state index contributed by atoms with van der Waals surface area (Å²) in [6.07, 6.45) is 2.25. The van der Waals surface area contributed by atoms with E-state index in [1.165, 1.54) is 13.4 Å². The van der Waals surface area contributed by atoms with E-state index in [-0.39, 0.29) is 18.3 Å². The first-order chi connectivity index (χ1) is 9.01. The van der Waals surface area contributed by atoms with Crippen molar-refractivity contribution >= 4 is 17.5 Å². The number of anilines is 2. The molecule has 0 atom stereocenters. The number of nitrogens with two attached hydrogens (primary N) is 1. The van der Waals surface area contributed by atoms with Crippen molar-refractivity contribution in [3.8, 4) is 5.75 Å². The van der Waals surface area contributed by atoms with Crippen molar-refractivity contribution in [2.45, 2.75) is 13.3 Å². The van der Waals surface area contributed by atoms with Crippen molar-refractivity contribution in [2.75, 3.05) is 44.9 Å². The van der Waals surface area contributed by atoms with Crippen molar-refractivity contribution < 1.29 is 9.53 Å². The number of ether oxygens (including phenoxy) is 1. The number of methoxy groups -OCH3 is 1. The van der Waals surface area contributed by atoms with E-state index in [1.54, 1.807) is 19.0 Å². The Kier molecular flexibility index (Phi) is 5.35. The molecule has 19 heavy (non-hydrogen) atoms. The van der Waals surface area contributed by atoms with Crippen molar-refractivity contribution in [1.82, 2.24) is 14.9 Å². The summed E-state index contributed by atoms with van der Waals surface area (Å²) in [5.41, 5.74) is 5.76. The van der Waals surface area contributed by atoms with Crippen LogP contribution in [0.5, 0.6) is 5.75 Å². The van der Waals surface area contributed by atoms with Gasteiger partial charge in [-0.05, 0) is 6.42 Å². The van der Waals surface area contributed by atoms with Crippen LogP contribution in [-0.2, 0) is 4.79 Å². The zero-order valence-electron chi connectivity index (χ0n) is 11.9. The second-order valence-electron chi connectivity index (χ2n) is 4.33. The highest BCUT2D eigenvalue weighted by Gasteiger charge is 2.19. The van der Waals surface area contributed by atoms with E-state index in [4.69, 9.17) is 10.5 Å². The van der Waals surface area contributed by atoms with Gasteiger partial charge in [-0.25, -0.2) is 9.97 Å². The lowest BCUT2D eigenvalue weighted by atomic mass is 10.3. The fraction of sp³-hybridized carbons (Fsp3) is 0.583. The minimum Gasteiger partial charge on any atom is -0.490 e. The van der Waals surface area contributed by atoms with Crippen LogP contribution in [0.1, 0.15) is 13.3 Å². The number of carbonyl (C=O) groups excluding carboxylic acids is 1. The van der Waals surface area contributed by atoms with E-state index in [0.29, 0.717) is 18.1 Å². The van der Waals surface area contributed by atoms with Gasteiger partial charge in [0.1, 0.15) is 6.33 Å². The standard InChI is InChI=1S/C12H21N5O2/c1-5-6-17(7-9(18)16(2)3)12-10(19-4)11(13)14-8-15-12/h8H,5-7H2,1-4H3,(H2,13,14,15). The van der Waals surface area contributed by atoms with Gasteiger partial charge in [-0.1, -0.05) is 6.92 Å². The molecular weight excluding hydrogens is 246 g/mol. The van der Waals surface area contributed by atoms with E-state index < -0.39 is 0 Å². The average molecular weight is 267 g/mol. The Hall–Kier alpha value is -2.05. The minimum atomic E-state index is -0.00677. The van der Waals surface area contributed by atoms with Gasteiger partial charge in [0.15, 0.2) is 11.6 Å². The van der Waals surface area contributed by atoms with Crippen molar-refractivity contribution in [3.05, 3.63) is 6.33 Å². The maximum absolute atomic E-state index is 11.9. The number of rotatable bonds is 6. The number of likely N-dealkylation sites (N-methyl/N-ethyl adjacent to an activating group) is 1. The van der Waals surface area contributed by atoms with Gasteiger partial charge >= 0.3 is 0 Å². The Morgan fingerprint density at radius 3 is 2.63 bits per heavy atom. The fourth-order valence-electron chi connectivity index (χ4n) is 1.63. The van der Waals surface area contributed by atoms with Crippen molar-refractivity contribution in [3.63, 3.8) is 0 Å². The smallest absolute Gasteiger partial charge is 0.241 e. The number of hydrogen-bond donors (Lipinski definition) is 1. The topological polar surface area (TPSA) is 84.6 Å². The molecule has 0 saturated carbocycles. The van der Waals surface area contributed by atoms with Crippen LogP contribution in [0.2, 0.25) is 0 Å². The maximum atomic E-state index is 11.9. The van der Waals surface area contributed by atoms with Gasteiger partial charge in [0.05, 0.1) is 13.7 Å². The Morgan fingerprint density at radius 2 is 2.11 bits per heavy atom. The summed E-state index contributed by atoms with van der Waals surface area (Å²) >= 11 is 0. The molecule has 2 N–H and O–H groups in total. The molecule has 0 bridgehead atoms. The van der Waals surface area contributed by atoms with Crippen molar-refractivity contribution in [2.24, 2.45) is 0 Å². The van der Waals surface area contributed by atoms with Gasteiger partial charge in [0.25, 0.3) is 0 Å². The molecule has 0 radical (unpaired) electrons. The molecule has 0 saturated heterocycles. The van der Waals surface area contributed by atoms with Crippen LogP contribution in [0.3, 0.4) is 0 Å². The third kappa shape index (κ3) is 3.70. The number of aromatic nitrogens is 2. The van der Waals surface area contributed by atoms with E-state index in [9.17, 15) is 4.79 Å². The average Bonchev–Trinajstić information content (AvgIpc) is 2.37. The molecular formula is C12H21N5O2. The van der Waals surface area contributed by atoms with Crippen LogP contribution >= 0.6 is 0 Å². The lowest BCUT2D eigenvalue weighted by molar-refractivity contribution is -0.127. The molecule has 0 spiro atoms. The molecule has 106 valence electrons. The summed E-state index contributed by atoms with van der Waals surface area (Å²) in [6.45, 7) is 2.95. The van der Waals surface area contributed by atoms with Crippen LogP contribution < -0.4 is 15.4 Å². The van der Waals surface area contributed by atoms with Crippen LogP contribution in [-0.4, -0.2) is 55.1 Å². The van der Waals surface area contributed by atoms with Gasteiger partial charge < -0.3 is 20.3 Å². The Balaban J connectivity index is 3.05. The normalized spacial score (nSPS) is 10.1. The summed E-state index contributed by atoms with van der Waals surface area (Å²) in [5, 5.41) is 0. The lowest BCUT2D eigenvalue weighted by Crippen LogP contribution is -2.37. The largest absolute Gasteiger partial charge is 0.490 e. The van der Waals surface area contributed by atoms with Gasteiger partial charge in [-0.15, -0.1) is 0 Å². The quantitative estimate of drug-likeness (QED) is 0.801. The fourth-order valence-corrected chi connectivity index (χ4v) is 1.63. The summed E-state index contributed by atoms with van der Waals surface area (Å²) in [4.78, 5) is 23.3. The number of nitrogen functional groups attached to an aromatic ring is 1. The zero-order valence-corrected chi connectivity index (χ0v) is 11.9. The van der Waals surface area contributed by atoms with Gasteiger partial charge in [0, 0.05) is 20.6 Å². The SMILES string of the molecule is CCCN(CC(=O)N(C)C)c1ncnc(N)c1OC. The zero-order chi connectivity index (χ0) is 14.4. The molecule has 0 fully saturated rings. The first kappa shape index (κ1) is 15.0. The summed E-state index contributed by atoms with van der Waals surface area (Å²) in [6, 6.07) is 0. The molecule has 7 heteroatoms. The number of amides is 1. The van der Waals surface area contributed by atoms with E-state index in [2.05, 4.69) is 9.97 Å². The molecule has 0 aliphatic carbocycles. The first-order valence-electron chi connectivity index (χ1n) is 6.10. The predicted molar refractivity (Wildman–Crippen MR) is 74.2 cm³/mol. The molecule has 1 heterocycles. The maximum Gasteiger partial charge on any atom is 0.241 e. The lowest BCUT2D eigenvalue weighted by Gasteiger charge is -2.25. The van der Waals surface area contributed by atoms with Crippen molar-refractivity contribution in [1.29, 1.82) is 0 Å². The van der Waals surface area contributed by atoms with E-state index in [1.807, 2.05) is 11.8 Å². The third-order valence-corrected chi connectivity index (χ3v) is 2.63. The van der Waals surface area contributed by atoms with Gasteiger partial charge in [-0.3, -0.25) is 4.79 Å². The monoisotopic (exact) mass is 267 g/mol. The van der Waals surface area contributed by atoms with Gasteiger partial charge in [0.2, 0.25) is 11.7 Å². The van der Waals surface area contributed by atoms with Crippen LogP contribution in [0.4, 0.5) is 11.6 Å². The molecule has 0 aromatic carbocycles. The van der Waals surface area contributed by atoms with Crippen LogP contribution in [0, 0.1) is 0 Å². The molecule has 1 rings (SSSR count). The molecule has 0 aliphatic rings. The highest BCUT2D eigenvalue weighted by molar-refractivity contribution is 5.81. The second kappa shape index (κ2) is 6.77. The second-order valence-corrected chi connectivity index (χ2v) is 4.33. The summed E-state index contributed by atoms with van der Waals surface area (Å²) in [5.74, 6) is 1.22. The van der Waals surface area contributed by atoms with E-state index >= 15 is 0 Å². The highest BCUT2D eigenvalue weighted by atomic mass is 16.5. The Bertz CT molecular complexity index is 436. The summed E-state index contributed by atoms with van der Waals surface area (Å²) < 4.78 is 5.23. The number of hydrogen-bond acceptors (Lipinski definition) is 6. The van der Waals surface area contributed by atoms with Gasteiger partial charge in [-0.2, -0.15) is 0 Å². The molecule has 7 nitrogen and oxygen atoms in total.